The molecule has 70 valence electrons. The maximum absolute atomic E-state index is 11.4. The summed E-state index contributed by atoms with van der Waals surface area (Å²) in [5.74, 6) is -0.174. The first kappa shape index (κ1) is 9.71. The van der Waals surface area contributed by atoms with Crippen LogP contribution in [0.3, 0.4) is 0 Å². The zero-order valence-electron chi connectivity index (χ0n) is 7.16. The normalized spacial score (nSPS) is 21.8. The topological polar surface area (TPSA) is 54.4 Å². The zero-order valence-corrected chi connectivity index (χ0v) is 7.97. The van der Waals surface area contributed by atoms with Crippen molar-refractivity contribution in [1.82, 2.24) is 0 Å². The van der Waals surface area contributed by atoms with E-state index in [1.165, 1.54) is 0 Å². The van der Waals surface area contributed by atoms with Gasteiger partial charge in [0.05, 0.1) is 0 Å². The molecule has 0 radical (unpaired) electrons. The highest BCUT2D eigenvalue weighted by molar-refractivity contribution is 7.86. The van der Waals surface area contributed by atoms with Gasteiger partial charge >= 0.3 is 5.97 Å². The molecule has 0 spiro atoms. The minimum atomic E-state index is -1.16. The highest BCUT2D eigenvalue weighted by Gasteiger charge is 2.39. The fraction of sp³-hybridized carbons (Fsp3) is 0.875. The predicted molar refractivity (Wildman–Crippen MR) is 47.4 cm³/mol. The highest BCUT2D eigenvalue weighted by atomic mass is 32.2. The van der Waals surface area contributed by atoms with Crippen LogP contribution in [0, 0.1) is 5.92 Å². The summed E-state index contributed by atoms with van der Waals surface area (Å²) in [5, 5.41) is 8.20. The Bertz CT molecular complexity index is 198. The van der Waals surface area contributed by atoms with Crippen LogP contribution in [0.25, 0.3) is 0 Å². The Labute approximate surface area is 74.6 Å². The van der Waals surface area contributed by atoms with Gasteiger partial charge in [-0.1, -0.05) is 6.92 Å². The first-order valence-electron chi connectivity index (χ1n) is 4.26. The summed E-state index contributed by atoms with van der Waals surface area (Å²) in [6, 6.07) is 0. The van der Waals surface area contributed by atoms with E-state index >= 15 is 0 Å². The number of hydrogen-bond acceptors (Lipinski definition) is 2. The molecule has 0 saturated heterocycles. The van der Waals surface area contributed by atoms with Crippen LogP contribution in [-0.4, -0.2) is 26.3 Å². The van der Waals surface area contributed by atoms with Crippen molar-refractivity contribution in [2.45, 2.75) is 31.4 Å². The van der Waals surface area contributed by atoms with E-state index in [1.807, 2.05) is 6.92 Å². The molecule has 2 unspecified atom stereocenters. The molecule has 12 heavy (non-hydrogen) atoms. The molecule has 0 aromatic heterocycles. The molecule has 1 aliphatic rings. The second kappa shape index (κ2) is 4.03. The molecule has 4 heteroatoms. The molecule has 0 heterocycles. The van der Waals surface area contributed by atoms with E-state index in [4.69, 9.17) is 5.11 Å². The minimum Gasteiger partial charge on any atom is -0.480 e. The van der Waals surface area contributed by atoms with Crippen LogP contribution in [0.2, 0.25) is 0 Å². The smallest absolute Gasteiger partial charge is 0.319 e. The van der Waals surface area contributed by atoms with Gasteiger partial charge in [0.2, 0.25) is 0 Å². The number of hydrogen-bond donors (Lipinski definition) is 1. The Hall–Kier alpha value is -0.380. The van der Waals surface area contributed by atoms with E-state index in [2.05, 4.69) is 0 Å². The average Bonchev–Trinajstić information content (AvgIpc) is 2.71. The molecule has 0 bridgehead atoms. The first-order valence-corrected chi connectivity index (χ1v) is 5.65. The Kier molecular flexibility index (Phi) is 3.26. The van der Waals surface area contributed by atoms with Crippen molar-refractivity contribution in [3.63, 3.8) is 0 Å². The summed E-state index contributed by atoms with van der Waals surface area (Å²) in [7, 11) is -1.16. The fourth-order valence-electron chi connectivity index (χ4n) is 1.26. The van der Waals surface area contributed by atoms with E-state index in [0.29, 0.717) is 5.75 Å². The second-order valence-electron chi connectivity index (χ2n) is 3.18. The molecule has 3 nitrogen and oxygen atoms in total. The molecular formula is C8H14O3S. The van der Waals surface area contributed by atoms with Crippen LogP contribution in [0.5, 0.6) is 0 Å². The second-order valence-corrected chi connectivity index (χ2v) is 4.86. The molecule has 0 aromatic rings. The minimum absolute atomic E-state index is 0.190. The predicted octanol–water partition coefficient (Wildman–Crippen LogP) is 1.01. The van der Waals surface area contributed by atoms with Crippen LogP contribution in [0.1, 0.15) is 26.2 Å². The lowest BCUT2D eigenvalue weighted by atomic mass is 10.3. The third-order valence-electron chi connectivity index (χ3n) is 1.98. The van der Waals surface area contributed by atoms with Gasteiger partial charge in [-0.2, -0.15) is 0 Å². The van der Waals surface area contributed by atoms with Crippen LogP contribution in [-0.2, 0) is 15.6 Å². The van der Waals surface area contributed by atoms with Gasteiger partial charge in [-0.05, 0) is 25.2 Å². The van der Waals surface area contributed by atoms with Crippen LogP contribution >= 0.6 is 0 Å². The Balaban J connectivity index is 2.52. The van der Waals surface area contributed by atoms with E-state index in [0.717, 1.165) is 19.3 Å². The summed E-state index contributed by atoms with van der Waals surface area (Å²) in [5.41, 5.74) is 0. The summed E-state index contributed by atoms with van der Waals surface area (Å²) >= 11 is 0. The Morgan fingerprint density at radius 3 is 2.58 bits per heavy atom. The monoisotopic (exact) mass is 190 g/mol. The molecule has 0 aliphatic heterocycles. The standard InChI is InChI=1S/C8H14O3S/c1-2-5-12(11)7(8(9)10)6-3-4-6/h6-7H,2-5H2,1H3,(H,9,10). The van der Waals surface area contributed by atoms with Gasteiger partial charge in [-0.15, -0.1) is 0 Å². The largest absolute Gasteiger partial charge is 0.480 e. The van der Waals surface area contributed by atoms with Crippen LogP contribution in [0.4, 0.5) is 0 Å². The van der Waals surface area contributed by atoms with Crippen LogP contribution in [0.15, 0.2) is 0 Å². The van der Waals surface area contributed by atoms with Crippen LogP contribution < -0.4 is 0 Å². The van der Waals surface area contributed by atoms with E-state index in [9.17, 15) is 9.00 Å². The van der Waals surface area contributed by atoms with Gasteiger partial charge in [0.15, 0.2) is 0 Å². The molecule has 1 saturated carbocycles. The molecule has 1 N–H and O–H groups in total. The van der Waals surface area contributed by atoms with Gasteiger partial charge in [0, 0.05) is 16.6 Å². The third kappa shape index (κ3) is 2.30. The fourth-order valence-corrected chi connectivity index (χ4v) is 2.84. The maximum Gasteiger partial charge on any atom is 0.319 e. The van der Waals surface area contributed by atoms with Crippen molar-refractivity contribution in [3.05, 3.63) is 0 Å². The van der Waals surface area contributed by atoms with E-state index in [1.54, 1.807) is 0 Å². The van der Waals surface area contributed by atoms with Gasteiger partial charge in [-0.25, -0.2) is 0 Å². The molecule has 2 atom stereocenters. The summed E-state index contributed by atoms with van der Waals surface area (Å²) in [6.45, 7) is 1.92. The lowest BCUT2D eigenvalue weighted by Gasteiger charge is -2.09. The lowest BCUT2D eigenvalue weighted by molar-refractivity contribution is -0.136. The van der Waals surface area contributed by atoms with Crippen molar-refractivity contribution in [2.24, 2.45) is 5.92 Å². The van der Waals surface area contributed by atoms with Crippen molar-refractivity contribution >= 4 is 16.8 Å². The molecule has 0 amide bonds. The van der Waals surface area contributed by atoms with E-state index < -0.39 is 22.0 Å². The molecule has 1 aliphatic carbocycles. The van der Waals surface area contributed by atoms with Gasteiger partial charge in [0.1, 0.15) is 5.25 Å². The average molecular weight is 190 g/mol. The number of carbonyl (C=O) groups is 1. The highest BCUT2D eigenvalue weighted by Crippen LogP contribution is 2.35. The number of carboxylic acids is 1. The summed E-state index contributed by atoms with van der Waals surface area (Å²) < 4.78 is 11.4. The zero-order chi connectivity index (χ0) is 9.14. The number of carboxylic acid groups (broad SMARTS) is 1. The van der Waals surface area contributed by atoms with Crippen molar-refractivity contribution in [2.75, 3.05) is 5.75 Å². The van der Waals surface area contributed by atoms with Gasteiger partial charge < -0.3 is 5.11 Å². The summed E-state index contributed by atoms with van der Waals surface area (Å²) in [6.07, 6.45) is 2.67. The maximum atomic E-state index is 11.4. The Morgan fingerprint density at radius 1 is 1.67 bits per heavy atom. The van der Waals surface area contributed by atoms with Gasteiger partial charge in [0.25, 0.3) is 0 Å². The number of aliphatic carboxylic acids is 1. The molecular weight excluding hydrogens is 176 g/mol. The van der Waals surface area contributed by atoms with Gasteiger partial charge in [-0.3, -0.25) is 9.00 Å². The van der Waals surface area contributed by atoms with Crippen molar-refractivity contribution in [1.29, 1.82) is 0 Å². The third-order valence-corrected chi connectivity index (χ3v) is 3.95. The SMILES string of the molecule is CCCS(=O)C(C(=O)O)C1CC1. The van der Waals surface area contributed by atoms with Crippen molar-refractivity contribution < 1.29 is 14.1 Å². The Morgan fingerprint density at radius 2 is 2.25 bits per heavy atom. The first-order chi connectivity index (χ1) is 5.66. The number of rotatable bonds is 5. The molecule has 1 fully saturated rings. The summed E-state index contributed by atoms with van der Waals surface area (Å²) in [4.78, 5) is 10.7. The van der Waals surface area contributed by atoms with E-state index in [-0.39, 0.29) is 5.92 Å². The lowest BCUT2D eigenvalue weighted by Crippen LogP contribution is -2.29. The molecule has 0 aromatic carbocycles. The van der Waals surface area contributed by atoms with Crippen molar-refractivity contribution in [3.8, 4) is 0 Å². The molecule has 1 rings (SSSR count). The quantitative estimate of drug-likeness (QED) is 0.704.